The Hall–Kier alpha value is -3.84. The molecule has 0 atom stereocenters. The molecule has 1 aromatic heterocycles. The molecule has 5 aromatic rings. The number of allylic oxidation sites excluding steroid dienone is 4. The third kappa shape index (κ3) is 2.71. The van der Waals surface area contributed by atoms with Gasteiger partial charge in [0.05, 0.1) is 16.7 Å². The van der Waals surface area contributed by atoms with Gasteiger partial charge in [-0.15, -0.1) is 0 Å². The average molecular weight is 371 g/mol. The number of rotatable bonds is 4. The first-order valence-electron chi connectivity index (χ1n) is 9.78. The molecule has 0 bridgehead atoms. The van der Waals surface area contributed by atoms with E-state index in [0.29, 0.717) is 0 Å². The smallest absolute Gasteiger partial charge is 0.0547 e. The van der Waals surface area contributed by atoms with Crippen molar-refractivity contribution in [3.05, 3.63) is 122 Å². The molecule has 0 aliphatic rings. The molecule has 0 N–H and O–H groups in total. The van der Waals surface area contributed by atoms with Gasteiger partial charge in [-0.2, -0.15) is 0 Å². The lowest BCUT2D eigenvalue weighted by atomic mass is 10.0. The quantitative estimate of drug-likeness (QED) is 0.285. The second kappa shape index (κ2) is 6.96. The van der Waals surface area contributed by atoms with Crippen LogP contribution in [0.2, 0.25) is 0 Å². The van der Waals surface area contributed by atoms with E-state index in [1.165, 1.54) is 32.6 Å². The maximum Gasteiger partial charge on any atom is 0.0547 e. The van der Waals surface area contributed by atoms with Crippen LogP contribution in [0.15, 0.2) is 116 Å². The predicted molar refractivity (Wildman–Crippen MR) is 127 cm³/mol. The van der Waals surface area contributed by atoms with Crippen LogP contribution in [-0.2, 0) is 0 Å². The first kappa shape index (κ1) is 17.3. The molecule has 0 radical (unpaired) electrons. The Kier molecular flexibility index (Phi) is 4.14. The third-order valence-electron chi connectivity index (χ3n) is 5.51. The van der Waals surface area contributed by atoms with Crippen LogP contribution < -0.4 is 0 Å². The van der Waals surface area contributed by atoms with Crippen molar-refractivity contribution in [1.82, 2.24) is 4.57 Å². The minimum atomic E-state index is 1.06. The van der Waals surface area contributed by atoms with Crippen LogP contribution in [0.4, 0.5) is 0 Å². The summed E-state index contributed by atoms with van der Waals surface area (Å²) >= 11 is 0. The second-order valence-electron chi connectivity index (χ2n) is 7.15. The van der Waals surface area contributed by atoms with Crippen molar-refractivity contribution >= 4 is 38.2 Å². The van der Waals surface area contributed by atoms with Crippen LogP contribution in [0.25, 0.3) is 43.8 Å². The average Bonchev–Trinajstić information content (AvgIpc) is 3.09. The van der Waals surface area contributed by atoms with Gasteiger partial charge >= 0.3 is 0 Å². The van der Waals surface area contributed by atoms with Crippen molar-refractivity contribution in [2.45, 2.75) is 0 Å². The van der Waals surface area contributed by atoms with Crippen LogP contribution in [0.1, 0.15) is 5.56 Å². The van der Waals surface area contributed by atoms with E-state index < -0.39 is 0 Å². The molecule has 0 aliphatic carbocycles. The van der Waals surface area contributed by atoms with Crippen LogP contribution in [-0.4, -0.2) is 4.57 Å². The molecule has 138 valence electrons. The lowest BCUT2D eigenvalue weighted by molar-refractivity contribution is 1.17. The van der Waals surface area contributed by atoms with Gasteiger partial charge in [0.1, 0.15) is 0 Å². The zero-order chi connectivity index (χ0) is 19.8. The van der Waals surface area contributed by atoms with Gasteiger partial charge in [-0.05, 0) is 40.6 Å². The van der Waals surface area contributed by atoms with Gasteiger partial charge in [0.25, 0.3) is 0 Å². The molecular weight excluding hydrogens is 350 g/mol. The van der Waals surface area contributed by atoms with E-state index >= 15 is 0 Å². The molecule has 1 heterocycles. The highest BCUT2D eigenvalue weighted by Gasteiger charge is 2.15. The molecule has 0 fully saturated rings. The van der Waals surface area contributed by atoms with Gasteiger partial charge in [0.2, 0.25) is 0 Å². The van der Waals surface area contributed by atoms with Gasteiger partial charge in [0.15, 0.2) is 0 Å². The zero-order valence-electron chi connectivity index (χ0n) is 16.2. The molecule has 0 unspecified atom stereocenters. The number of benzene rings is 4. The largest absolute Gasteiger partial charge is 0.309 e. The molecule has 0 amide bonds. The van der Waals surface area contributed by atoms with Crippen LogP contribution in [0.5, 0.6) is 0 Å². The van der Waals surface area contributed by atoms with Gasteiger partial charge in [-0.1, -0.05) is 92.0 Å². The Labute approximate surface area is 170 Å². The highest BCUT2D eigenvalue weighted by atomic mass is 15.0. The summed E-state index contributed by atoms with van der Waals surface area (Å²) in [5.74, 6) is 0. The number of fused-ring (bicyclic) bond motifs is 4. The number of hydrogen-bond donors (Lipinski definition) is 0. The Morgan fingerprint density at radius 3 is 2.17 bits per heavy atom. The number of nitrogens with zero attached hydrogens (tertiary/aromatic N) is 1. The molecular formula is C28H21N. The first-order valence-corrected chi connectivity index (χ1v) is 9.78. The lowest BCUT2D eigenvalue weighted by Crippen LogP contribution is -1.98. The third-order valence-corrected chi connectivity index (χ3v) is 5.51. The highest BCUT2D eigenvalue weighted by Crippen LogP contribution is 2.36. The van der Waals surface area contributed by atoms with Crippen molar-refractivity contribution < 1.29 is 0 Å². The van der Waals surface area contributed by atoms with E-state index in [1.807, 2.05) is 18.2 Å². The monoisotopic (exact) mass is 371 g/mol. The molecule has 5 rings (SSSR count). The van der Waals surface area contributed by atoms with E-state index in [0.717, 1.165) is 16.8 Å². The summed E-state index contributed by atoms with van der Waals surface area (Å²) in [4.78, 5) is 0. The van der Waals surface area contributed by atoms with Crippen molar-refractivity contribution in [1.29, 1.82) is 0 Å². The number of para-hydroxylation sites is 2. The fraction of sp³-hybridized carbons (Fsp3) is 0. The Morgan fingerprint density at radius 2 is 1.38 bits per heavy atom. The molecule has 0 saturated carbocycles. The summed E-state index contributed by atoms with van der Waals surface area (Å²) in [6.45, 7) is 7.89. The van der Waals surface area contributed by atoms with E-state index in [9.17, 15) is 0 Å². The van der Waals surface area contributed by atoms with E-state index in [-0.39, 0.29) is 0 Å². The summed E-state index contributed by atoms with van der Waals surface area (Å²) in [5.41, 5.74) is 5.74. The molecule has 1 heteroatoms. The Balaban J connectivity index is 1.96. The van der Waals surface area contributed by atoms with E-state index in [1.54, 1.807) is 0 Å². The van der Waals surface area contributed by atoms with Gasteiger partial charge < -0.3 is 4.57 Å². The normalized spacial score (nSPS) is 11.9. The summed E-state index contributed by atoms with van der Waals surface area (Å²) < 4.78 is 2.37. The molecule has 29 heavy (non-hydrogen) atoms. The molecule has 0 saturated heterocycles. The highest BCUT2D eigenvalue weighted by molar-refractivity contribution is 6.13. The lowest BCUT2D eigenvalue weighted by Gasteiger charge is -2.14. The van der Waals surface area contributed by atoms with Crippen molar-refractivity contribution in [2.24, 2.45) is 0 Å². The van der Waals surface area contributed by atoms with Crippen LogP contribution >= 0.6 is 0 Å². The topological polar surface area (TPSA) is 4.93 Å². The fourth-order valence-corrected chi connectivity index (χ4v) is 4.22. The maximum atomic E-state index is 4.02. The van der Waals surface area contributed by atoms with E-state index in [2.05, 4.69) is 103 Å². The Morgan fingerprint density at radius 1 is 0.690 bits per heavy atom. The summed E-state index contributed by atoms with van der Waals surface area (Å²) in [5, 5.41) is 5.03. The van der Waals surface area contributed by atoms with E-state index in [4.69, 9.17) is 0 Å². The number of hydrogen-bond acceptors (Lipinski definition) is 0. The van der Waals surface area contributed by atoms with Crippen LogP contribution in [0.3, 0.4) is 0 Å². The maximum absolute atomic E-state index is 4.02. The predicted octanol–water partition coefficient (Wildman–Crippen LogP) is 7.69. The molecule has 4 aromatic carbocycles. The minimum Gasteiger partial charge on any atom is -0.309 e. The summed E-state index contributed by atoms with van der Waals surface area (Å²) in [6.07, 6.45) is 5.71. The Bertz CT molecular complexity index is 1430. The van der Waals surface area contributed by atoms with Gasteiger partial charge in [-0.25, -0.2) is 0 Å². The van der Waals surface area contributed by atoms with Crippen molar-refractivity contribution in [3.63, 3.8) is 0 Å². The summed E-state index contributed by atoms with van der Waals surface area (Å²) in [6, 6.07) is 30.3. The zero-order valence-corrected chi connectivity index (χ0v) is 16.2. The standard InChI is InChI=1S/C28H21N/c1-3-11-20(4-2)23-14-7-9-16-26(23)29-27-17-10-8-15-24(27)25-18-21-12-5-6-13-22(21)19-28(25)29/h3-19H,1-2H2/b20-11+. The molecule has 1 nitrogen and oxygen atoms in total. The summed E-state index contributed by atoms with van der Waals surface area (Å²) in [7, 11) is 0. The van der Waals surface area contributed by atoms with Crippen molar-refractivity contribution in [2.75, 3.05) is 0 Å². The minimum absolute atomic E-state index is 1.06. The first-order chi connectivity index (χ1) is 14.3. The molecule has 0 aliphatic heterocycles. The van der Waals surface area contributed by atoms with Crippen molar-refractivity contribution in [3.8, 4) is 5.69 Å². The van der Waals surface area contributed by atoms with Crippen LogP contribution in [0, 0.1) is 0 Å². The fourth-order valence-electron chi connectivity index (χ4n) is 4.22. The number of aromatic nitrogens is 1. The van der Waals surface area contributed by atoms with Gasteiger partial charge in [0, 0.05) is 16.3 Å². The SMILES string of the molecule is C=C/C=C(\C=C)c1ccccc1-n1c2ccccc2c2cc3ccccc3cc21. The second-order valence-corrected chi connectivity index (χ2v) is 7.15. The van der Waals surface area contributed by atoms with Gasteiger partial charge in [-0.3, -0.25) is 0 Å². The molecule has 0 spiro atoms.